The van der Waals surface area contributed by atoms with Gasteiger partial charge in [-0.2, -0.15) is 5.26 Å². The molecule has 4 heteroatoms. The molecule has 0 fully saturated rings. The number of nitroso groups, excluding NO2 is 1. The van der Waals surface area contributed by atoms with E-state index in [-0.39, 0.29) is 6.54 Å². The summed E-state index contributed by atoms with van der Waals surface area (Å²) in [5.41, 5.74) is 0. The zero-order chi connectivity index (χ0) is 6.41. The van der Waals surface area contributed by atoms with Crippen LogP contribution >= 0.6 is 0 Å². The van der Waals surface area contributed by atoms with Gasteiger partial charge in [0, 0.05) is 6.54 Å². The van der Waals surface area contributed by atoms with Gasteiger partial charge < -0.3 is 0 Å². The number of hydrogen-bond acceptors (Lipinski definition) is 3. The second kappa shape index (κ2) is 4.06. The van der Waals surface area contributed by atoms with Crippen LogP contribution in [0.1, 0.15) is 6.92 Å². The Labute approximate surface area is 47.7 Å². The quantitative estimate of drug-likeness (QED) is 0.304. The van der Waals surface area contributed by atoms with Crippen LogP contribution in [0.15, 0.2) is 5.29 Å². The minimum atomic E-state index is 0.0833. The van der Waals surface area contributed by atoms with Gasteiger partial charge in [-0.3, -0.25) is 0 Å². The first kappa shape index (κ1) is 6.89. The van der Waals surface area contributed by atoms with Crippen LogP contribution in [0.3, 0.4) is 0 Å². The van der Waals surface area contributed by atoms with Crippen molar-refractivity contribution >= 4 is 0 Å². The van der Waals surface area contributed by atoms with Crippen molar-refractivity contribution in [3.8, 4) is 6.07 Å². The Hall–Kier alpha value is -1.11. The van der Waals surface area contributed by atoms with E-state index in [1.54, 1.807) is 13.0 Å². The minimum Gasteiger partial charge on any atom is -0.247 e. The first-order valence-electron chi connectivity index (χ1n) is 2.30. The normalized spacial score (nSPS) is 7.50. The maximum atomic E-state index is 9.65. The van der Waals surface area contributed by atoms with E-state index in [0.29, 0.717) is 6.54 Å². The van der Waals surface area contributed by atoms with Gasteiger partial charge in [0.1, 0.15) is 6.54 Å². The molecule has 0 aliphatic rings. The molecular formula is C4H7N3O. The largest absolute Gasteiger partial charge is 0.247 e. The molecule has 4 nitrogen and oxygen atoms in total. The van der Waals surface area contributed by atoms with E-state index >= 15 is 0 Å². The summed E-state index contributed by atoms with van der Waals surface area (Å²) in [5.74, 6) is 0. The Morgan fingerprint density at radius 1 is 1.88 bits per heavy atom. The van der Waals surface area contributed by atoms with Crippen LogP contribution in [0.4, 0.5) is 0 Å². The number of hydrogen-bond donors (Lipinski definition) is 0. The van der Waals surface area contributed by atoms with Gasteiger partial charge in [0.25, 0.3) is 0 Å². The summed E-state index contributed by atoms with van der Waals surface area (Å²) in [4.78, 5) is 9.65. The van der Waals surface area contributed by atoms with Crippen molar-refractivity contribution in [1.29, 1.82) is 5.26 Å². The average molecular weight is 113 g/mol. The van der Waals surface area contributed by atoms with Gasteiger partial charge in [-0.1, -0.05) is 0 Å². The van der Waals surface area contributed by atoms with E-state index in [9.17, 15) is 4.91 Å². The fraction of sp³-hybridized carbons (Fsp3) is 0.750. The Kier molecular flexibility index (Phi) is 3.50. The Morgan fingerprint density at radius 3 is 2.62 bits per heavy atom. The first-order chi connectivity index (χ1) is 3.85. The fourth-order valence-corrected chi connectivity index (χ4v) is 0.280. The highest BCUT2D eigenvalue weighted by Gasteiger charge is 1.93. The van der Waals surface area contributed by atoms with Gasteiger partial charge in [0.2, 0.25) is 0 Å². The molecule has 0 radical (unpaired) electrons. The molecule has 0 rings (SSSR count). The molecule has 0 heterocycles. The molecule has 0 aliphatic carbocycles. The predicted molar refractivity (Wildman–Crippen MR) is 28.7 cm³/mol. The van der Waals surface area contributed by atoms with Crippen molar-refractivity contribution in [2.24, 2.45) is 5.29 Å². The van der Waals surface area contributed by atoms with E-state index in [0.717, 1.165) is 5.01 Å². The molecule has 44 valence electrons. The first-order valence-corrected chi connectivity index (χ1v) is 2.30. The molecular weight excluding hydrogens is 106 g/mol. The Balaban J connectivity index is 3.40. The lowest BCUT2D eigenvalue weighted by Gasteiger charge is -2.04. The van der Waals surface area contributed by atoms with Gasteiger partial charge in [0.15, 0.2) is 0 Å². The van der Waals surface area contributed by atoms with Crippen LogP contribution in [0.25, 0.3) is 0 Å². The highest BCUT2D eigenvalue weighted by molar-refractivity contribution is 4.72. The van der Waals surface area contributed by atoms with Gasteiger partial charge >= 0.3 is 0 Å². The summed E-state index contributed by atoms with van der Waals surface area (Å²) >= 11 is 0. The monoisotopic (exact) mass is 113 g/mol. The SMILES string of the molecule is CCN(CC#N)N=O. The molecule has 0 unspecified atom stereocenters. The lowest BCUT2D eigenvalue weighted by molar-refractivity contribution is 0.337. The van der Waals surface area contributed by atoms with Crippen LogP contribution in [0.2, 0.25) is 0 Å². The highest BCUT2D eigenvalue weighted by Crippen LogP contribution is 1.83. The van der Waals surface area contributed by atoms with Gasteiger partial charge in [-0.05, 0) is 6.92 Å². The van der Waals surface area contributed by atoms with Crippen molar-refractivity contribution in [1.82, 2.24) is 5.01 Å². The van der Waals surface area contributed by atoms with Crippen LogP contribution in [-0.2, 0) is 0 Å². The molecule has 0 spiro atoms. The summed E-state index contributed by atoms with van der Waals surface area (Å²) in [6.45, 7) is 2.34. The van der Waals surface area contributed by atoms with Crippen molar-refractivity contribution < 1.29 is 0 Å². The van der Waals surface area contributed by atoms with Crippen LogP contribution in [0.5, 0.6) is 0 Å². The zero-order valence-corrected chi connectivity index (χ0v) is 4.66. The van der Waals surface area contributed by atoms with Gasteiger partial charge in [0.05, 0.1) is 11.4 Å². The maximum absolute atomic E-state index is 9.65. The second-order valence-electron chi connectivity index (χ2n) is 1.22. The molecule has 8 heavy (non-hydrogen) atoms. The van der Waals surface area contributed by atoms with Crippen LogP contribution in [-0.4, -0.2) is 18.1 Å². The van der Waals surface area contributed by atoms with Crippen molar-refractivity contribution in [3.63, 3.8) is 0 Å². The number of nitriles is 1. The summed E-state index contributed by atoms with van der Waals surface area (Å²) in [7, 11) is 0. The van der Waals surface area contributed by atoms with Crippen molar-refractivity contribution in [2.75, 3.05) is 13.1 Å². The Bertz CT molecular complexity index is 106. The third kappa shape index (κ3) is 2.13. The van der Waals surface area contributed by atoms with E-state index < -0.39 is 0 Å². The average Bonchev–Trinajstić information content (AvgIpc) is 1.83. The second-order valence-corrected chi connectivity index (χ2v) is 1.22. The van der Waals surface area contributed by atoms with Gasteiger partial charge in [-0.15, -0.1) is 4.91 Å². The maximum Gasteiger partial charge on any atom is 0.126 e. The van der Waals surface area contributed by atoms with E-state index in [1.165, 1.54) is 0 Å². The zero-order valence-electron chi connectivity index (χ0n) is 4.66. The molecule has 0 N–H and O–H groups in total. The molecule has 0 aromatic carbocycles. The molecule has 0 saturated heterocycles. The Morgan fingerprint density at radius 2 is 2.50 bits per heavy atom. The van der Waals surface area contributed by atoms with Crippen molar-refractivity contribution in [2.45, 2.75) is 6.92 Å². The summed E-state index contributed by atoms with van der Waals surface area (Å²) in [6.07, 6.45) is 0. The molecule has 0 bridgehead atoms. The lowest BCUT2D eigenvalue weighted by atomic mass is 10.6. The van der Waals surface area contributed by atoms with E-state index in [2.05, 4.69) is 5.29 Å². The molecule has 0 aliphatic heterocycles. The standard InChI is InChI=1S/C4H7N3O/c1-2-7(6-8)4-3-5/h2,4H2,1H3. The predicted octanol–water partition coefficient (Wildman–Crippen LogP) is 0.513. The third-order valence-electron chi connectivity index (χ3n) is 0.734. The molecule has 0 aromatic rings. The number of nitrogens with zero attached hydrogens (tertiary/aromatic N) is 3. The lowest BCUT2D eigenvalue weighted by Crippen LogP contribution is -2.15. The molecule has 0 amide bonds. The van der Waals surface area contributed by atoms with Crippen LogP contribution in [0, 0.1) is 16.2 Å². The third-order valence-corrected chi connectivity index (χ3v) is 0.734. The highest BCUT2D eigenvalue weighted by atomic mass is 16.3. The van der Waals surface area contributed by atoms with Crippen LogP contribution < -0.4 is 0 Å². The summed E-state index contributed by atoms with van der Waals surface area (Å²) in [5, 5.41) is 11.7. The smallest absolute Gasteiger partial charge is 0.126 e. The fourth-order valence-electron chi connectivity index (χ4n) is 0.280. The molecule has 0 atom stereocenters. The minimum absolute atomic E-state index is 0.0833. The number of rotatable bonds is 3. The van der Waals surface area contributed by atoms with E-state index in [4.69, 9.17) is 5.26 Å². The van der Waals surface area contributed by atoms with Crippen molar-refractivity contribution in [3.05, 3.63) is 4.91 Å². The summed E-state index contributed by atoms with van der Waals surface area (Å²) < 4.78 is 0. The molecule has 0 saturated carbocycles. The van der Waals surface area contributed by atoms with Gasteiger partial charge in [-0.25, -0.2) is 5.01 Å². The molecule has 0 aromatic heterocycles. The topological polar surface area (TPSA) is 56.5 Å². The summed E-state index contributed by atoms with van der Waals surface area (Å²) in [6, 6.07) is 1.80. The van der Waals surface area contributed by atoms with E-state index in [1.807, 2.05) is 0 Å².